The van der Waals surface area contributed by atoms with Crippen molar-refractivity contribution < 1.29 is 0 Å². The minimum atomic E-state index is 0.265. The van der Waals surface area contributed by atoms with Crippen molar-refractivity contribution in [2.75, 3.05) is 17.8 Å². The molecule has 5 heteroatoms. The van der Waals surface area contributed by atoms with Crippen molar-refractivity contribution in [1.29, 1.82) is 0 Å². The van der Waals surface area contributed by atoms with E-state index >= 15 is 0 Å². The molecule has 0 aromatic carbocycles. The predicted octanol–water partition coefficient (Wildman–Crippen LogP) is 3.67. The summed E-state index contributed by atoms with van der Waals surface area (Å²) in [7, 11) is 1.98. The molecule has 78 valence electrons. The van der Waals surface area contributed by atoms with E-state index in [1.54, 1.807) is 6.20 Å². The zero-order valence-electron chi connectivity index (χ0n) is 7.97. The van der Waals surface area contributed by atoms with Gasteiger partial charge in [0.1, 0.15) is 5.82 Å². The Morgan fingerprint density at radius 1 is 1.57 bits per heavy atom. The molecule has 0 aliphatic carbocycles. The lowest BCUT2D eigenvalue weighted by atomic mass is 10.3. The first kappa shape index (κ1) is 12.3. The number of hydrogen-bond donors (Lipinski definition) is 0. The third-order valence-corrected chi connectivity index (χ3v) is 3.47. The van der Waals surface area contributed by atoms with Gasteiger partial charge in [0, 0.05) is 29.6 Å². The lowest BCUT2D eigenvalue weighted by Crippen LogP contribution is -2.31. The number of hydrogen-bond acceptors (Lipinski definition) is 2. The minimum absolute atomic E-state index is 0.265. The molecule has 1 aromatic rings. The molecule has 1 aromatic heterocycles. The van der Waals surface area contributed by atoms with Gasteiger partial charge in [0.15, 0.2) is 0 Å². The topological polar surface area (TPSA) is 16.1 Å². The summed E-state index contributed by atoms with van der Waals surface area (Å²) in [5.74, 6) is 1.49. The molecule has 1 heterocycles. The van der Waals surface area contributed by atoms with E-state index < -0.39 is 0 Å². The van der Waals surface area contributed by atoms with E-state index in [1.807, 2.05) is 18.0 Å². The van der Waals surface area contributed by atoms with Crippen molar-refractivity contribution in [2.24, 2.45) is 0 Å². The number of halogens is 3. The second kappa shape index (κ2) is 5.33. The van der Waals surface area contributed by atoms with Gasteiger partial charge in [0.05, 0.1) is 4.47 Å². The summed E-state index contributed by atoms with van der Waals surface area (Å²) in [6.45, 7) is 2.06. The molecule has 1 rings (SSSR count). The first-order chi connectivity index (χ1) is 6.56. The molecule has 0 radical (unpaired) electrons. The molecule has 0 bridgehead atoms. The van der Waals surface area contributed by atoms with Crippen molar-refractivity contribution in [3.05, 3.63) is 21.2 Å². The van der Waals surface area contributed by atoms with Crippen LogP contribution in [0, 0.1) is 0 Å². The first-order valence-electron chi connectivity index (χ1n) is 4.16. The highest BCUT2D eigenvalue weighted by Gasteiger charge is 2.13. The van der Waals surface area contributed by atoms with Gasteiger partial charge in [-0.25, -0.2) is 4.98 Å². The van der Waals surface area contributed by atoms with E-state index in [0.29, 0.717) is 5.88 Å². The molecule has 0 saturated heterocycles. The van der Waals surface area contributed by atoms with Crippen molar-refractivity contribution in [1.82, 2.24) is 4.98 Å². The highest BCUT2D eigenvalue weighted by molar-refractivity contribution is 9.11. The fraction of sp³-hybridized carbons (Fsp3) is 0.444. The number of aromatic nitrogens is 1. The number of rotatable bonds is 3. The van der Waals surface area contributed by atoms with Gasteiger partial charge in [-0.15, -0.1) is 11.6 Å². The second-order valence-corrected chi connectivity index (χ2v) is 5.15. The molecular weight excluding hydrogens is 331 g/mol. The fourth-order valence-corrected chi connectivity index (χ4v) is 2.45. The summed E-state index contributed by atoms with van der Waals surface area (Å²) in [4.78, 5) is 6.37. The van der Waals surface area contributed by atoms with Crippen LogP contribution < -0.4 is 4.90 Å². The van der Waals surface area contributed by atoms with Crippen LogP contribution in [0.3, 0.4) is 0 Å². The lowest BCUT2D eigenvalue weighted by Gasteiger charge is -2.25. The maximum Gasteiger partial charge on any atom is 0.142 e. The van der Waals surface area contributed by atoms with E-state index in [4.69, 9.17) is 11.6 Å². The van der Waals surface area contributed by atoms with Crippen molar-refractivity contribution in [3.8, 4) is 0 Å². The Balaban J connectivity index is 2.95. The first-order valence-corrected chi connectivity index (χ1v) is 6.28. The summed E-state index contributed by atoms with van der Waals surface area (Å²) in [5.41, 5.74) is 0. The molecule has 0 aliphatic rings. The maximum atomic E-state index is 5.79. The van der Waals surface area contributed by atoms with Crippen LogP contribution in [-0.2, 0) is 0 Å². The minimum Gasteiger partial charge on any atom is -0.355 e. The molecule has 0 aliphatic heterocycles. The molecule has 1 unspecified atom stereocenters. The Morgan fingerprint density at radius 2 is 2.21 bits per heavy atom. The van der Waals surface area contributed by atoms with Crippen LogP contribution in [0.25, 0.3) is 0 Å². The summed E-state index contributed by atoms with van der Waals surface area (Å²) >= 11 is 12.6. The van der Waals surface area contributed by atoms with Gasteiger partial charge in [0.25, 0.3) is 0 Å². The number of alkyl halides is 1. The van der Waals surface area contributed by atoms with E-state index in [2.05, 4.69) is 43.8 Å². The zero-order valence-corrected chi connectivity index (χ0v) is 11.9. The van der Waals surface area contributed by atoms with Gasteiger partial charge in [0.2, 0.25) is 0 Å². The average molecular weight is 342 g/mol. The monoisotopic (exact) mass is 340 g/mol. The Hall–Kier alpha value is 0.200. The fourth-order valence-electron chi connectivity index (χ4n) is 0.979. The van der Waals surface area contributed by atoms with Crippen LogP contribution >= 0.6 is 43.5 Å². The summed E-state index contributed by atoms with van der Waals surface area (Å²) in [6, 6.07) is 2.24. The van der Waals surface area contributed by atoms with Gasteiger partial charge >= 0.3 is 0 Å². The summed E-state index contributed by atoms with van der Waals surface area (Å²) in [6.07, 6.45) is 1.78. The van der Waals surface area contributed by atoms with E-state index in [1.165, 1.54) is 0 Å². The highest BCUT2D eigenvalue weighted by Crippen LogP contribution is 2.27. The van der Waals surface area contributed by atoms with E-state index in [-0.39, 0.29) is 6.04 Å². The average Bonchev–Trinajstić information content (AvgIpc) is 2.15. The Morgan fingerprint density at radius 3 is 2.71 bits per heavy atom. The van der Waals surface area contributed by atoms with E-state index in [9.17, 15) is 0 Å². The van der Waals surface area contributed by atoms with Crippen LogP contribution in [0.4, 0.5) is 5.82 Å². The van der Waals surface area contributed by atoms with Gasteiger partial charge < -0.3 is 4.90 Å². The van der Waals surface area contributed by atoms with Crippen LogP contribution in [0.15, 0.2) is 21.2 Å². The van der Waals surface area contributed by atoms with Crippen LogP contribution in [0.5, 0.6) is 0 Å². The van der Waals surface area contributed by atoms with E-state index in [0.717, 1.165) is 14.8 Å². The molecule has 0 amide bonds. The molecule has 2 nitrogen and oxygen atoms in total. The molecule has 14 heavy (non-hydrogen) atoms. The Bertz CT molecular complexity index is 320. The van der Waals surface area contributed by atoms with Crippen molar-refractivity contribution >= 4 is 49.3 Å². The molecule has 0 N–H and O–H groups in total. The number of anilines is 1. The smallest absolute Gasteiger partial charge is 0.142 e. The third-order valence-electron chi connectivity index (χ3n) is 2.01. The van der Waals surface area contributed by atoms with Gasteiger partial charge in [-0.2, -0.15) is 0 Å². The van der Waals surface area contributed by atoms with Crippen LogP contribution in [-0.4, -0.2) is 24.0 Å². The van der Waals surface area contributed by atoms with Gasteiger partial charge in [-0.3, -0.25) is 0 Å². The maximum absolute atomic E-state index is 5.79. The SMILES string of the molecule is CC(CCl)N(C)c1ncc(Br)cc1Br. The van der Waals surface area contributed by atoms with Gasteiger partial charge in [-0.1, -0.05) is 0 Å². The molecule has 0 saturated carbocycles. The largest absolute Gasteiger partial charge is 0.355 e. The normalized spacial score (nSPS) is 12.6. The van der Waals surface area contributed by atoms with Crippen molar-refractivity contribution in [2.45, 2.75) is 13.0 Å². The summed E-state index contributed by atoms with van der Waals surface area (Å²) in [5, 5.41) is 0. The molecule has 0 spiro atoms. The zero-order chi connectivity index (χ0) is 10.7. The quantitative estimate of drug-likeness (QED) is 0.779. The summed E-state index contributed by atoms with van der Waals surface area (Å²) < 4.78 is 1.92. The predicted molar refractivity (Wildman–Crippen MR) is 68.2 cm³/mol. The molecular formula is C9H11Br2ClN2. The number of pyridine rings is 1. The molecule has 1 atom stereocenters. The van der Waals surface area contributed by atoms with Crippen LogP contribution in [0.1, 0.15) is 6.92 Å². The number of nitrogens with zero attached hydrogens (tertiary/aromatic N) is 2. The van der Waals surface area contributed by atoms with Crippen LogP contribution in [0.2, 0.25) is 0 Å². The van der Waals surface area contributed by atoms with Gasteiger partial charge in [-0.05, 0) is 44.8 Å². The lowest BCUT2D eigenvalue weighted by molar-refractivity contribution is 0.747. The van der Waals surface area contributed by atoms with Crippen molar-refractivity contribution in [3.63, 3.8) is 0 Å². The Kier molecular flexibility index (Phi) is 4.67. The third kappa shape index (κ3) is 2.84. The Labute approximate surface area is 106 Å². The standard InChI is InChI=1S/C9H11Br2ClN2/c1-6(4-12)14(2)9-8(11)3-7(10)5-13-9/h3,5-6H,4H2,1-2H3. The second-order valence-electron chi connectivity index (χ2n) is 3.07. The highest BCUT2D eigenvalue weighted by atomic mass is 79.9. The molecule has 0 fully saturated rings.